The number of amides is 2. The van der Waals surface area contributed by atoms with E-state index in [1.807, 2.05) is 4.90 Å². The third-order valence-electron chi connectivity index (χ3n) is 6.26. The molecule has 0 atom stereocenters. The Bertz CT molecular complexity index is 943. The van der Waals surface area contributed by atoms with Crippen molar-refractivity contribution < 1.29 is 27.5 Å². The van der Waals surface area contributed by atoms with Gasteiger partial charge < -0.3 is 19.7 Å². The summed E-state index contributed by atoms with van der Waals surface area (Å²) in [6.45, 7) is 3.65. The van der Waals surface area contributed by atoms with Crippen LogP contribution in [0.3, 0.4) is 0 Å². The predicted molar refractivity (Wildman–Crippen MR) is 117 cm³/mol. The molecular weight excluding hydrogens is 434 g/mol. The molecule has 4 rings (SSSR count). The molecule has 0 saturated carbocycles. The number of nitrogens with one attached hydrogen (secondary N) is 1. The molecule has 0 unspecified atom stereocenters. The van der Waals surface area contributed by atoms with Gasteiger partial charge in [-0.15, -0.1) is 0 Å². The summed E-state index contributed by atoms with van der Waals surface area (Å²) in [4.78, 5) is 26.1. The van der Waals surface area contributed by atoms with Gasteiger partial charge in [-0.25, -0.2) is 8.42 Å². The van der Waals surface area contributed by atoms with Crippen LogP contribution < -0.4 is 14.8 Å². The lowest BCUT2D eigenvalue weighted by molar-refractivity contribution is -0.127. The molecule has 2 saturated heterocycles. The van der Waals surface area contributed by atoms with Crippen LogP contribution in [0.2, 0.25) is 0 Å². The second-order valence-corrected chi connectivity index (χ2v) is 10.4. The number of rotatable bonds is 7. The highest BCUT2D eigenvalue weighted by molar-refractivity contribution is 7.89. The van der Waals surface area contributed by atoms with E-state index in [9.17, 15) is 18.0 Å². The van der Waals surface area contributed by atoms with Gasteiger partial charge in [0.2, 0.25) is 21.8 Å². The second kappa shape index (κ2) is 10.1. The maximum Gasteiger partial charge on any atom is 0.243 e. The van der Waals surface area contributed by atoms with Gasteiger partial charge in [0.25, 0.3) is 0 Å². The minimum absolute atomic E-state index is 0.0367. The Morgan fingerprint density at radius 1 is 1.06 bits per heavy atom. The van der Waals surface area contributed by atoms with Crippen molar-refractivity contribution in [2.75, 3.05) is 45.9 Å². The highest BCUT2D eigenvalue weighted by atomic mass is 32.2. The quantitative estimate of drug-likeness (QED) is 0.610. The zero-order valence-electron chi connectivity index (χ0n) is 18.3. The van der Waals surface area contributed by atoms with E-state index in [1.54, 1.807) is 12.1 Å². The average molecular weight is 466 g/mol. The van der Waals surface area contributed by atoms with Crippen LogP contribution >= 0.6 is 0 Å². The average Bonchev–Trinajstić information content (AvgIpc) is 3.06. The molecule has 1 aromatic rings. The fourth-order valence-electron chi connectivity index (χ4n) is 4.38. The maximum absolute atomic E-state index is 13.1. The number of carbonyl (C=O) groups excluding carboxylic acids is 2. The fraction of sp³-hybridized carbons (Fsp3) is 0.636. The maximum atomic E-state index is 13.1. The van der Waals surface area contributed by atoms with Crippen molar-refractivity contribution in [1.29, 1.82) is 0 Å². The van der Waals surface area contributed by atoms with Gasteiger partial charge in [0.15, 0.2) is 11.5 Å². The number of carbonyl (C=O) groups is 2. The minimum atomic E-state index is -3.66. The van der Waals surface area contributed by atoms with Gasteiger partial charge in [-0.05, 0) is 37.8 Å². The van der Waals surface area contributed by atoms with Crippen molar-refractivity contribution in [3.8, 4) is 11.5 Å². The molecule has 176 valence electrons. The molecule has 0 radical (unpaired) electrons. The Kier molecular flexibility index (Phi) is 7.20. The van der Waals surface area contributed by atoms with Crippen molar-refractivity contribution in [1.82, 2.24) is 14.5 Å². The Hall–Kier alpha value is -2.33. The van der Waals surface area contributed by atoms with Gasteiger partial charge in [-0.1, -0.05) is 0 Å². The van der Waals surface area contributed by atoms with E-state index in [-0.39, 0.29) is 22.6 Å². The summed E-state index contributed by atoms with van der Waals surface area (Å²) in [5.74, 6) is 0.974. The molecule has 0 bridgehead atoms. The second-order valence-electron chi connectivity index (χ2n) is 8.47. The summed E-state index contributed by atoms with van der Waals surface area (Å²) in [5, 5.41) is 2.94. The van der Waals surface area contributed by atoms with Crippen molar-refractivity contribution in [2.45, 2.75) is 43.4 Å². The van der Waals surface area contributed by atoms with Crippen molar-refractivity contribution >= 4 is 21.8 Å². The number of fused-ring (bicyclic) bond motifs is 1. The zero-order chi connectivity index (χ0) is 22.6. The van der Waals surface area contributed by atoms with E-state index in [4.69, 9.17) is 9.47 Å². The first-order chi connectivity index (χ1) is 15.4. The summed E-state index contributed by atoms with van der Waals surface area (Å²) >= 11 is 0. The SMILES string of the molecule is O=C(NCCCN1CCCC1=O)C1CCN(S(=O)(=O)c2ccc3c(c2)OCCCO3)CC1. The number of hydrogen-bond acceptors (Lipinski definition) is 6. The molecule has 3 heterocycles. The lowest BCUT2D eigenvalue weighted by Gasteiger charge is -2.30. The summed E-state index contributed by atoms with van der Waals surface area (Å²) in [6.07, 6.45) is 4.00. The molecule has 2 amide bonds. The summed E-state index contributed by atoms with van der Waals surface area (Å²) in [6, 6.07) is 4.72. The van der Waals surface area contributed by atoms with Crippen molar-refractivity contribution in [2.24, 2.45) is 5.92 Å². The Balaban J connectivity index is 1.26. The molecule has 2 fully saturated rings. The molecule has 3 aliphatic rings. The Labute approximate surface area is 189 Å². The number of piperidine rings is 1. The van der Waals surface area contributed by atoms with E-state index in [0.717, 1.165) is 25.8 Å². The number of ether oxygens (including phenoxy) is 2. The summed E-state index contributed by atoms with van der Waals surface area (Å²) < 4.78 is 38.8. The highest BCUT2D eigenvalue weighted by Crippen LogP contribution is 2.33. The molecule has 1 N–H and O–H groups in total. The largest absolute Gasteiger partial charge is 0.490 e. The van der Waals surface area contributed by atoms with Crippen molar-refractivity contribution in [3.05, 3.63) is 18.2 Å². The topological polar surface area (TPSA) is 105 Å². The standard InChI is InChI=1S/C22H31N3O6S/c26-21-4-1-10-24(21)11-2-9-23-22(27)17-7-12-25(13-8-17)32(28,29)18-5-6-19-20(16-18)31-15-3-14-30-19/h5-6,16-17H,1-4,7-15H2,(H,23,27). The van der Waals surface area contributed by atoms with Crippen LogP contribution in [0.15, 0.2) is 23.1 Å². The first-order valence-electron chi connectivity index (χ1n) is 11.4. The van der Waals surface area contributed by atoms with Gasteiger partial charge in [-0.2, -0.15) is 4.31 Å². The van der Waals surface area contributed by atoms with E-state index in [0.29, 0.717) is 70.2 Å². The van der Waals surface area contributed by atoms with E-state index in [2.05, 4.69) is 5.32 Å². The lowest BCUT2D eigenvalue weighted by Crippen LogP contribution is -2.43. The summed E-state index contributed by atoms with van der Waals surface area (Å²) in [5.41, 5.74) is 0. The third kappa shape index (κ3) is 5.17. The Morgan fingerprint density at radius 2 is 1.81 bits per heavy atom. The van der Waals surface area contributed by atoms with Crippen molar-refractivity contribution in [3.63, 3.8) is 0 Å². The zero-order valence-corrected chi connectivity index (χ0v) is 19.1. The van der Waals surface area contributed by atoms with Gasteiger partial charge in [-0.3, -0.25) is 9.59 Å². The van der Waals surface area contributed by atoms with Gasteiger partial charge in [0.05, 0.1) is 18.1 Å². The molecular formula is C22H31N3O6S. The van der Waals surface area contributed by atoms with Crippen LogP contribution in [-0.4, -0.2) is 75.4 Å². The molecule has 3 aliphatic heterocycles. The van der Waals surface area contributed by atoms with E-state index in [1.165, 1.54) is 10.4 Å². The van der Waals surface area contributed by atoms with Crippen LogP contribution in [0.5, 0.6) is 11.5 Å². The van der Waals surface area contributed by atoms with Crippen LogP contribution in [0.4, 0.5) is 0 Å². The monoisotopic (exact) mass is 465 g/mol. The van der Waals surface area contributed by atoms with Gasteiger partial charge in [0.1, 0.15) is 0 Å². The normalized spacial score (nSPS) is 20.2. The molecule has 0 aromatic heterocycles. The van der Waals surface area contributed by atoms with Crippen LogP contribution in [0.1, 0.15) is 38.5 Å². The van der Waals surface area contributed by atoms with Crippen LogP contribution in [0.25, 0.3) is 0 Å². The summed E-state index contributed by atoms with van der Waals surface area (Å²) in [7, 11) is -3.66. The lowest BCUT2D eigenvalue weighted by atomic mass is 9.97. The first kappa shape index (κ1) is 22.8. The van der Waals surface area contributed by atoms with Crippen LogP contribution in [0, 0.1) is 5.92 Å². The number of likely N-dealkylation sites (tertiary alicyclic amines) is 1. The highest BCUT2D eigenvalue weighted by Gasteiger charge is 2.32. The fourth-order valence-corrected chi connectivity index (χ4v) is 5.86. The van der Waals surface area contributed by atoms with Gasteiger partial charge in [0, 0.05) is 57.5 Å². The molecule has 32 heavy (non-hydrogen) atoms. The molecule has 9 nitrogen and oxygen atoms in total. The first-order valence-corrected chi connectivity index (χ1v) is 12.8. The van der Waals surface area contributed by atoms with E-state index < -0.39 is 10.0 Å². The third-order valence-corrected chi connectivity index (χ3v) is 8.15. The van der Waals surface area contributed by atoms with Gasteiger partial charge >= 0.3 is 0 Å². The predicted octanol–water partition coefficient (Wildman–Crippen LogP) is 1.38. The number of nitrogens with zero attached hydrogens (tertiary/aromatic N) is 2. The Morgan fingerprint density at radius 3 is 2.53 bits per heavy atom. The van der Waals surface area contributed by atoms with E-state index >= 15 is 0 Å². The smallest absolute Gasteiger partial charge is 0.243 e. The minimum Gasteiger partial charge on any atom is -0.490 e. The molecule has 10 heteroatoms. The molecule has 0 aliphatic carbocycles. The number of hydrogen-bond donors (Lipinski definition) is 1. The van der Waals surface area contributed by atoms with Crippen LogP contribution in [-0.2, 0) is 19.6 Å². The number of benzene rings is 1. The number of sulfonamides is 1. The molecule has 1 aromatic carbocycles. The molecule has 0 spiro atoms.